The molecule has 0 bridgehead atoms. The van der Waals surface area contributed by atoms with Crippen LogP contribution in [0.15, 0.2) is 12.1 Å². The number of anilines is 3. The fourth-order valence-electron chi connectivity index (χ4n) is 3.21. The highest BCUT2D eigenvalue weighted by Gasteiger charge is 2.26. The van der Waals surface area contributed by atoms with Gasteiger partial charge in [0.15, 0.2) is 0 Å². The van der Waals surface area contributed by atoms with Crippen molar-refractivity contribution in [3.8, 4) is 0 Å². The van der Waals surface area contributed by atoms with Crippen molar-refractivity contribution in [1.82, 2.24) is 0 Å². The lowest BCUT2D eigenvalue weighted by molar-refractivity contribution is -0.116. The Morgan fingerprint density at radius 2 is 2.10 bits per heavy atom. The highest BCUT2D eigenvalue weighted by Crippen LogP contribution is 2.35. The summed E-state index contributed by atoms with van der Waals surface area (Å²) in [5, 5.41) is 13.1. The summed E-state index contributed by atoms with van der Waals surface area (Å²) in [6.45, 7) is 3.56. The molecule has 5 heteroatoms. The van der Waals surface area contributed by atoms with Crippen molar-refractivity contribution in [2.75, 3.05) is 29.0 Å². The minimum absolute atomic E-state index is 0.0667. The van der Waals surface area contributed by atoms with E-state index in [2.05, 4.69) is 10.2 Å². The molecule has 5 nitrogen and oxygen atoms in total. The number of nitrogens with two attached hydrogens (primary N) is 1. The van der Waals surface area contributed by atoms with Crippen molar-refractivity contribution in [2.24, 2.45) is 0 Å². The zero-order valence-electron chi connectivity index (χ0n) is 12.5. The van der Waals surface area contributed by atoms with Crippen LogP contribution in [0.1, 0.15) is 38.2 Å². The van der Waals surface area contributed by atoms with Gasteiger partial charge in [0.25, 0.3) is 0 Å². The number of nitrogens with one attached hydrogen (secondary N) is 1. The predicted molar refractivity (Wildman–Crippen MR) is 84.5 cm³/mol. The fraction of sp³-hybridized carbons (Fsp3) is 0.562. The second kappa shape index (κ2) is 5.22. The van der Waals surface area contributed by atoms with Gasteiger partial charge in [-0.25, -0.2) is 0 Å². The van der Waals surface area contributed by atoms with Crippen molar-refractivity contribution in [3.63, 3.8) is 0 Å². The average Bonchev–Trinajstić information content (AvgIpc) is 2.59. The van der Waals surface area contributed by atoms with Gasteiger partial charge in [0.2, 0.25) is 5.91 Å². The normalized spacial score (nSPS) is 26.0. The second-order valence-corrected chi connectivity index (χ2v) is 6.45. The standard InChI is InChI=1S/C16H23N3O2/c1-16(21)5-2-7-19(8-6-16)14-10-13-11(9-12(14)17)3-4-15(20)18-13/h9-10,21H,2-8,17H2,1H3,(H,18,20). The molecule has 2 heterocycles. The Hall–Kier alpha value is -1.75. The maximum Gasteiger partial charge on any atom is 0.224 e. The number of hydrogen-bond donors (Lipinski definition) is 3. The number of aryl methyl sites for hydroxylation is 1. The maximum atomic E-state index is 11.5. The Kier molecular flexibility index (Phi) is 3.53. The van der Waals surface area contributed by atoms with E-state index >= 15 is 0 Å². The summed E-state index contributed by atoms with van der Waals surface area (Å²) in [6, 6.07) is 3.97. The molecule has 2 aliphatic rings. The molecule has 1 saturated heterocycles. The molecule has 1 unspecified atom stereocenters. The predicted octanol–water partition coefficient (Wildman–Crippen LogP) is 1.89. The van der Waals surface area contributed by atoms with Gasteiger partial charge in [0.1, 0.15) is 0 Å². The van der Waals surface area contributed by atoms with Crippen LogP contribution in [-0.2, 0) is 11.2 Å². The third-order valence-corrected chi connectivity index (χ3v) is 4.55. The topological polar surface area (TPSA) is 78.6 Å². The summed E-state index contributed by atoms with van der Waals surface area (Å²) in [5.41, 5.74) is 9.33. The van der Waals surface area contributed by atoms with Gasteiger partial charge in [-0.15, -0.1) is 0 Å². The van der Waals surface area contributed by atoms with Crippen LogP contribution in [0.25, 0.3) is 0 Å². The number of aliphatic hydroxyl groups is 1. The minimum atomic E-state index is -0.591. The van der Waals surface area contributed by atoms with E-state index in [9.17, 15) is 9.90 Å². The van der Waals surface area contributed by atoms with E-state index in [4.69, 9.17) is 5.73 Å². The van der Waals surface area contributed by atoms with Crippen LogP contribution in [0.5, 0.6) is 0 Å². The zero-order chi connectivity index (χ0) is 15.0. The zero-order valence-corrected chi connectivity index (χ0v) is 12.5. The highest BCUT2D eigenvalue weighted by molar-refractivity contribution is 5.95. The maximum absolute atomic E-state index is 11.5. The number of benzene rings is 1. The first-order chi connectivity index (χ1) is 9.94. The molecule has 21 heavy (non-hydrogen) atoms. The molecule has 1 aromatic carbocycles. The van der Waals surface area contributed by atoms with E-state index in [1.54, 1.807) is 0 Å². The summed E-state index contributed by atoms with van der Waals surface area (Å²) in [4.78, 5) is 13.8. The Labute approximate surface area is 125 Å². The molecule has 1 aromatic rings. The molecule has 3 rings (SSSR count). The number of carbonyl (C=O) groups excluding carboxylic acids is 1. The third-order valence-electron chi connectivity index (χ3n) is 4.55. The Morgan fingerprint density at radius 3 is 2.90 bits per heavy atom. The first-order valence-electron chi connectivity index (χ1n) is 7.64. The van der Waals surface area contributed by atoms with Gasteiger partial charge in [-0.1, -0.05) is 0 Å². The molecule has 0 radical (unpaired) electrons. The molecule has 2 aliphatic heterocycles. The van der Waals surface area contributed by atoms with Gasteiger partial charge in [0, 0.05) is 25.2 Å². The van der Waals surface area contributed by atoms with Gasteiger partial charge >= 0.3 is 0 Å². The molecular formula is C16H23N3O2. The summed E-state index contributed by atoms with van der Waals surface area (Å²) >= 11 is 0. The van der Waals surface area contributed by atoms with Crippen LogP contribution in [-0.4, -0.2) is 29.7 Å². The van der Waals surface area contributed by atoms with Crippen molar-refractivity contribution in [3.05, 3.63) is 17.7 Å². The van der Waals surface area contributed by atoms with E-state index in [0.717, 1.165) is 61.4 Å². The van der Waals surface area contributed by atoms with Gasteiger partial charge in [-0.05, 0) is 50.3 Å². The minimum Gasteiger partial charge on any atom is -0.397 e. The van der Waals surface area contributed by atoms with Crippen molar-refractivity contribution in [1.29, 1.82) is 0 Å². The van der Waals surface area contributed by atoms with Crippen molar-refractivity contribution < 1.29 is 9.90 Å². The fourth-order valence-corrected chi connectivity index (χ4v) is 3.21. The third kappa shape index (κ3) is 2.97. The number of rotatable bonds is 1. The largest absolute Gasteiger partial charge is 0.397 e. The smallest absolute Gasteiger partial charge is 0.224 e. The van der Waals surface area contributed by atoms with Crippen LogP contribution in [0.3, 0.4) is 0 Å². The number of carbonyl (C=O) groups is 1. The molecule has 1 atom stereocenters. The number of hydrogen-bond acceptors (Lipinski definition) is 4. The van der Waals surface area contributed by atoms with Crippen molar-refractivity contribution in [2.45, 2.75) is 44.6 Å². The summed E-state index contributed by atoms with van der Waals surface area (Å²) in [7, 11) is 0. The molecule has 0 saturated carbocycles. The van der Waals surface area contributed by atoms with E-state index in [1.165, 1.54) is 0 Å². The molecule has 4 N–H and O–H groups in total. The molecular weight excluding hydrogens is 266 g/mol. The van der Waals surface area contributed by atoms with E-state index in [1.807, 2.05) is 19.1 Å². The lowest BCUT2D eigenvalue weighted by atomic mass is 9.98. The first kappa shape index (κ1) is 14.2. The van der Waals surface area contributed by atoms with E-state index in [-0.39, 0.29) is 5.91 Å². The molecule has 0 aromatic heterocycles. The quantitative estimate of drug-likeness (QED) is 0.690. The Balaban J connectivity index is 1.88. The van der Waals surface area contributed by atoms with Crippen LogP contribution in [0.2, 0.25) is 0 Å². The number of nitrogens with zero attached hydrogens (tertiary/aromatic N) is 1. The molecule has 1 fully saturated rings. The molecule has 0 aliphatic carbocycles. The SMILES string of the molecule is CC1(O)CCCN(c2cc3c(cc2N)CCC(=O)N3)CC1. The summed E-state index contributed by atoms with van der Waals surface area (Å²) < 4.78 is 0. The lowest BCUT2D eigenvalue weighted by Crippen LogP contribution is -2.29. The average molecular weight is 289 g/mol. The molecule has 0 spiro atoms. The van der Waals surface area contributed by atoms with E-state index in [0.29, 0.717) is 6.42 Å². The molecule has 114 valence electrons. The summed E-state index contributed by atoms with van der Waals surface area (Å²) in [5.74, 6) is 0.0667. The number of amides is 1. The van der Waals surface area contributed by atoms with Crippen LogP contribution < -0.4 is 16.0 Å². The van der Waals surface area contributed by atoms with Gasteiger partial charge in [-0.2, -0.15) is 0 Å². The summed E-state index contributed by atoms with van der Waals surface area (Å²) in [6.07, 6.45) is 3.76. The number of fused-ring (bicyclic) bond motifs is 1. The van der Waals surface area contributed by atoms with E-state index < -0.39 is 5.60 Å². The number of nitrogen functional groups attached to an aromatic ring is 1. The van der Waals surface area contributed by atoms with Crippen LogP contribution in [0.4, 0.5) is 17.1 Å². The van der Waals surface area contributed by atoms with Gasteiger partial charge < -0.3 is 21.1 Å². The van der Waals surface area contributed by atoms with Crippen LogP contribution in [0, 0.1) is 0 Å². The first-order valence-corrected chi connectivity index (χ1v) is 7.64. The van der Waals surface area contributed by atoms with Crippen molar-refractivity contribution >= 4 is 23.0 Å². The monoisotopic (exact) mass is 289 g/mol. The van der Waals surface area contributed by atoms with Gasteiger partial charge in [0.05, 0.1) is 17.0 Å². The second-order valence-electron chi connectivity index (χ2n) is 6.45. The van der Waals surface area contributed by atoms with Crippen LogP contribution >= 0.6 is 0 Å². The van der Waals surface area contributed by atoms with Gasteiger partial charge in [-0.3, -0.25) is 4.79 Å². The molecule has 1 amide bonds. The Morgan fingerprint density at radius 1 is 1.29 bits per heavy atom. The highest BCUT2D eigenvalue weighted by atomic mass is 16.3. The Bertz CT molecular complexity index is 569. The lowest BCUT2D eigenvalue weighted by Gasteiger charge is -2.28.